The lowest BCUT2D eigenvalue weighted by Gasteiger charge is -2.44. The van der Waals surface area contributed by atoms with E-state index in [1.165, 1.54) is 32.1 Å². The molecule has 2 fully saturated rings. The van der Waals surface area contributed by atoms with Gasteiger partial charge in [0.25, 0.3) is 5.91 Å². The van der Waals surface area contributed by atoms with Crippen molar-refractivity contribution in [1.82, 2.24) is 20.9 Å². The predicted octanol–water partition coefficient (Wildman–Crippen LogP) is 1.04. The number of allylic oxidation sites excluding steroid dienone is 2. The minimum Gasteiger partial charge on any atom is -0.378 e. The van der Waals surface area contributed by atoms with Gasteiger partial charge in [0, 0.05) is 38.0 Å². The number of carbonyl (C=O) groups excluding carboxylic acids is 1. The molecule has 3 aliphatic rings. The second kappa shape index (κ2) is 10.0. The zero-order valence-electron chi connectivity index (χ0n) is 18.3. The molecule has 29 heavy (non-hydrogen) atoms. The zero-order valence-corrected chi connectivity index (χ0v) is 18.3. The molecule has 2 aliphatic heterocycles. The lowest BCUT2D eigenvalue weighted by Crippen LogP contribution is -2.64. The Morgan fingerprint density at radius 2 is 2.00 bits per heavy atom. The Kier molecular flexibility index (Phi) is 7.67. The maximum Gasteiger partial charge on any atom is 0.270 e. The summed E-state index contributed by atoms with van der Waals surface area (Å²) in [6.45, 7) is 7.28. The molecule has 0 spiro atoms. The van der Waals surface area contributed by atoms with Crippen LogP contribution in [0.1, 0.15) is 59.3 Å². The third-order valence-electron chi connectivity index (χ3n) is 6.35. The third-order valence-corrected chi connectivity index (χ3v) is 6.35. The van der Waals surface area contributed by atoms with Gasteiger partial charge in [-0.25, -0.2) is 4.99 Å². The van der Waals surface area contributed by atoms with Crippen LogP contribution in [0, 0.1) is 0 Å². The van der Waals surface area contributed by atoms with Crippen LogP contribution in [0.15, 0.2) is 16.4 Å². The van der Waals surface area contributed by atoms with Crippen molar-refractivity contribution in [3.05, 3.63) is 11.4 Å². The summed E-state index contributed by atoms with van der Waals surface area (Å²) in [5, 5.41) is 10.1. The molecule has 0 aromatic carbocycles. The normalized spacial score (nSPS) is 30.5. The fourth-order valence-corrected chi connectivity index (χ4v) is 4.60. The summed E-state index contributed by atoms with van der Waals surface area (Å²) in [4.78, 5) is 19.6. The quantitative estimate of drug-likeness (QED) is 0.492. The Morgan fingerprint density at radius 1 is 1.28 bits per heavy atom. The maximum atomic E-state index is 12.7. The van der Waals surface area contributed by atoms with Crippen LogP contribution in [0.4, 0.5) is 0 Å². The number of hydrogen-bond donors (Lipinski definition) is 4. The van der Waals surface area contributed by atoms with E-state index in [2.05, 4.69) is 25.8 Å². The van der Waals surface area contributed by atoms with Crippen molar-refractivity contribution in [1.29, 1.82) is 0 Å². The molecule has 4 unspecified atom stereocenters. The molecular formula is C21H38N6O2. The van der Waals surface area contributed by atoms with E-state index < -0.39 is 6.17 Å². The van der Waals surface area contributed by atoms with Gasteiger partial charge in [-0.2, -0.15) is 0 Å². The van der Waals surface area contributed by atoms with E-state index in [0.717, 1.165) is 30.9 Å². The van der Waals surface area contributed by atoms with Gasteiger partial charge >= 0.3 is 0 Å². The molecule has 0 aromatic rings. The summed E-state index contributed by atoms with van der Waals surface area (Å²) >= 11 is 0. The van der Waals surface area contributed by atoms with Gasteiger partial charge in [0.05, 0.1) is 18.0 Å². The van der Waals surface area contributed by atoms with Crippen molar-refractivity contribution in [3.63, 3.8) is 0 Å². The first-order valence-electron chi connectivity index (χ1n) is 11.0. The number of ether oxygens (including phenoxy) is 1. The summed E-state index contributed by atoms with van der Waals surface area (Å²) in [6, 6.07) is 0.951. The number of nitrogens with two attached hydrogens (primary N) is 1. The molecular weight excluding hydrogens is 368 g/mol. The van der Waals surface area contributed by atoms with E-state index in [1.807, 2.05) is 13.8 Å². The minimum absolute atomic E-state index is 0.0810. The number of rotatable bonds is 6. The number of carbonyl (C=O) groups is 1. The van der Waals surface area contributed by atoms with Crippen molar-refractivity contribution in [2.24, 2.45) is 10.7 Å². The number of aliphatic imine (C=N–C) groups is 1. The van der Waals surface area contributed by atoms with Gasteiger partial charge in [-0.05, 0) is 40.0 Å². The van der Waals surface area contributed by atoms with Crippen LogP contribution in [0.3, 0.4) is 0 Å². The average molecular weight is 407 g/mol. The average Bonchev–Trinajstić information content (AvgIpc) is 2.70. The van der Waals surface area contributed by atoms with Gasteiger partial charge in [-0.3, -0.25) is 9.69 Å². The molecule has 5 N–H and O–H groups in total. The highest BCUT2D eigenvalue weighted by Gasteiger charge is 2.38. The fraction of sp³-hybridized carbons (Fsp3) is 0.810. The number of methoxy groups -OCH3 is 1. The molecule has 8 nitrogen and oxygen atoms in total. The van der Waals surface area contributed by atoms with Gasteiger partial charge in [0.15, 0.2) is 0 Å². The fourth-order valence-electron chi connectivity index (χ4n) is 4.60. The first-order chi connectivity index (χ1) is 13.9. The molecule has 2 heterocycles. The summed E-state index contributed by atoms with van der Waals surface area (Å²) in [6.07, 6.45) is 6.89. The molecule has 164 valence electrons. The lowest BCUT2D eigenvalue weighted by molar-refractivity contribution is -0.115. The Morgan fingerprint density at radius 3 is 2.66 bits per heavy atom. The topological polar surface area (TPSA) is 104 Å². The van der Waals surface area contributed by atoms with Crippen LogP contribution in [0.25, 0.3) is 0 Å². The van der Waals surface area contributed by atoms with Crippen LogP contribution in [-0.2, 0) is 9.53 Å². The van der Waals surface area contributed by atoms with Crippen LogP contribution in [0.5, 0.6) is 0 Å². The molecule has 1 saturated heterocycles. The van der Waals surface area contributed by atoms with E-state index in [1.54, 1.807) is 14.0 Å². The second-order valence-corrected chi connectivity index (χ2v) is 8.68. The summed E-state index contributed by atoms with van der Waals surface area (Å²) in [5.41, 5.74) is 8.06. The maximum absolute atomic E-state index is 12.7. The molecule has 0 bridgehead atoms. The van der Waals surface area contributed by atoms with Gasteiger partial charge in [-0.1, -0.05) is 19.3 Å². The van der Waals surface area contributed by atoms with Gasteiger partial charge in [-0.15, -0.1) is 0 Å². The first kappa shape index (κ1) is 22.2. The molecule has 3 rings (SSSR count). The lowest BCUT2D eigenvalue weighted by atomic mass is 9.92. The number of amides is 1. The van der Waals surface area contributed by atoms with Crippen molar-refractivity contribution in [2.75, 3.05) is 20.2 Å². The zero-order chi connectivity index (χ0) is 21.0. The van der Waals surface area contributed by atoms with Crippen molar-refractivity contribution >= 4 is 11.6 Å². The number of likely N-dealkylation sites (tertiary alicyclic amines) is 1. The minimum atomic E-state index is -0.421. The second-order valence-electron chi connectivity index (χ2n) is 8.68. The monoisotopic (exact) mass is 406 g/mol. The van der Waals surface area contributed by atoms with Gasteiger partial charge in [0.1, 0.15) is 11.9 Å². The summed E-state index contributed by atoms with van der Waals surface area (Å²) in [7, 11) is 1.78. The highest BCUT2D eigenvalue weighted by molar-refractivity contribution is 6.41. The molecule has 0 radical (unpaired) electrons. The van der Waals surface area contributed by atoms with E-state index in [4.69, 9.17) is 10.5 Å². The van der Waals surface area contributed by atoms with E-state index in [0.29, 0.717) is 17.8 Å². The highest BCUT2D eigenvalue weighted by atomic mass is 16.5. The molecule has 1 saturated carbocycles. The highest BCUT2D eigenvalue weighted by Crippen LogP contribution is 2.23. The Bertz CT molecular complexity index is 641. The Hall–Kier alpha value is -1.48. The SMILES string of the molecule is COC1CN(C2NC(C)=C(C)N=C2C(=O)NC(C)N)CCC1NC1CCCCC1. The van der Waals surface area contributed by atoms with E-state index in [-0.39, 0.29) is 18.2 Å². The van der Waals surface area contributed by atoms with E-state index >= 15 is 0 Å². The molecule has 1 aliphatic carbocycles. The Balaban J connectivity index is 1.69. The standard InChI is InChI=1S/C21H38N6O2/c1-13-14(2)24-20(19(23-13)21(28)25-15(3)22)27-11-10-17(18(12-27)29-4)26-16-8-6-5-7-9-16/h15-18,20,24,26H,5-12,22H2,1-4H3,(H,25,28). The van der Waals surface area contributed by atoms with E-state index in [9.17, 15) is 4.79 Å². The summed E-state index contributed by atoms with van der Waals surface area (Å²) in [5.74, 6) is -0.222. The first-order valence-corrected chi connectivity index (χ1v) is 11.0. The molecule has 8 heteroatoms. The van der Waals surface area contributed by atoms with Crippen LogP contribution in [0.2, 0.25) is 0 Å². The number of hydrogen-bond acceptors (Lipinski definition) is 7. The van der Waals surface area contributed by atoms with Crippen molar-refractivity contribution in [2.45, 2.75) is 89.8 Å². The van der Waals surface area contributed by atoms with Crippen LogP contribution < -0.4 is 21.7 Å². The Labute approximate surface area is 174 Å². The van der Waals surface area contributed by atoms with Crippen molar-refractivity contribution in [3.8, 4) is 0 Å². The molecule has 4 atom stereocenters. The smallest absolute Gasteiger partial charge is 0.270 e. The van der Waals surface area contributed by atoms with Crippen LogP contribution in [-0.4, -0.2) is 67.2 Å². The van der Waals surface area contributed by atoms with Crippen LogP contribution >= 0.6 is 0 Å². The molecule has 0 aromatic heterocycles. The number of nitrogens with one attached hydrogen (secondary N) is 3. The third kappa shape index (κ3) is 5.57. The largest absolute Gasteiger partial charge is 0.378 e. The van der Waals surface area contributed by atoms with Gasteiger partial charge < -0.3 is 26.4 Å². The van der Waals surface area contributed by atoms with Crippen molar-refractivity contribution < 1.29 is 9.53 Å². The predicted molar refractivity (Wildman–Crippen MR) is 115 cm³/mol. The van der Waals surface area contributed by atoms with Gasteiger partial charge in [0.2, 0.25) is 0 Å². The molecule has 1 amide bonds. The number of piperidine rings is 1. The number of nitrogens with zero attached hydrogens (tertiary/aromatic N) is 2. The summed E-state index contributed by atoms with van der Waals surface area (Å²) < 4.78 is 5.87.